The van der Waals surface area contributed by atoms with Gasteiger partial charge in [-0.2, -0.15) is 0 Å². The van der Waals surface area contributed by atoms with E-state index < -0.39 is 18.2 Å². The minimum atomic E-state index is -0.954. The summed E-state index contributed by atoms with van der Waals surface area (Å²) in [5, 5.41) is 33.4. The Kier molecular flexibility index (Phi) is 51.5. The Morgan fingerprint density at radius 3 is 1.11 bits per heavy atom. The van der Waals surface area contributed by atoms with Crippen LogP contribution >= 0.6 is 0 Å². The van der Waals surface area contributed by atoms with Gasteiger partial charge in [-0.05, 0) is 64.2 Å². The molecule has 0 rings (SSSR count). The van der Waals surface area contributed by atoms with E-state index in [1.165, 1.54) is 225 Å². The molecule has 370 valence electrons. The summed E-state index contributed by atoms with van der Waals surface area (Å²) < 4.78 is 0. The lowest BCUT2D eigenvalue weighted by Gasteiger charge is -2.21. The summed E-state index contributed by atoms with van der Waals surface area (Å²) >= 11 is 0. The van der Waals surface area contributed by atoms with Crippen molar-refractivity contribution in [1.82, 2.24) is 5.32 Å². The van der Waals surface area contributed by atoms with Crippen molar-refractivity contribution in [3.8, 4) is 0 Å². The zero-order chi connectivity index (χ0) is 45.8. The zero-order valence-corrected chi connectivity index (χ0v) is 42.2. The summed E-state index contributed by atoms with van der Waals surface area (Å²) in [6.45, 7) is 4.23. The third-order valence-corrected chi connectivity index (χ3v) is 12.8. The SMILES string of the molecule is CCCCCCCCCCC/C=C\C/C=C\CCCCCCCCCCCCCC(O)CC(=O)NC(CO)C(O)/C=C/CC/C=C/CCCCCCCCCCCCCCCCC. The van der Waals surface area contributed by atoms with Crippen molar-refractivity contribution >= 4 is 5.91 Å². The van der Waals surface area contributed by atoms with Crippen LogP contribution in [0.2, 0.25) is 0 Å². The molecule has 0 aliphatic rings. The van der Waals surface area contributed by atoms with E-state index in [1.54, 1.807) is 6.08 Å². The Bertz CT molecular complexity index is 1020. The van der Waals surface area contributed by atoms with Crippen molar-refractivity contribution in [2.75, 3.05) is 6.61 Å². The van der Waals surface area contributed by atoms with Gasteiger partial charge in [-0.15, -0.1) is 0 Å². The highest BCUT2D eigenvalue weighted by atomic mass is 16.3. The van der Waals surface area contributed by atoms with Crippen molar-refractivity contribution in [1.29, 1.82) is 0 Å². The lowest BCUT2D eigenvalue weighted by molar-refractivity contribution is -0.124. The Balaban J connectivity index is 3.62. The van der Waals surface area contributed by atoms with Gasteiger partial charge >= 0.3 is 0 Å². The summed E-state index contributed by atoms with van der Waals surface area (Å²) in [6, 6.07) is -0.764. The molecule has 0 aliphatic carbocycles. The van der Waals surface area contributed by atoms with Crippen LogP contribution in [0, 0.1) is 0 Å². The fraction of sp³-hybridized carbons (Fsp3) is 0.845. The number of hydrogen-bond donors (Lipinski definition) is 4. The summed E-state index contributed by atoms with van der Waals surface area (Å²) in [6.07, 6.45) is 70.1. The maximum atomic E-state index is 12.5. The summed E-state index contributed by atoms with van der Waals surface area (Å²) in [5.41, 5.74) is 0. The van der Waals surface area contributed by atoms with E-state index in [4.69, 9.17) is 0 Å². The van der Waals surface area contributed by atoms with E-state index in [1.807, 2.05) is 6.08 Å². The Labute approximate surface area is 393 Å². The van der Waals surface area contributed by atoms with Crippen LogP contribution in [-0.4, -0.2) is 46.1 Å². The first kappa shape index (κ1) is 61.3. The number of allylic oxidation sites excluding steroid dienone is 7. The molecule has 1 amide bonds. The fourth-order valence-electron chi connectivity index (χ4n) is 8.56. The topological polar surface area (TPSA) is 89.8 Å². The van der Waals surface area contributed by atoms with Gasteiger partial charge in [-0.25, -0.2) is 0 Å². The summed E-state index contributed by atoms with van der Waals surface area (Å²) in [5.74, 6) is -0.324. The molecule has 0 fully saturated rings. The first-order chi connectivity index (χ1) is 31.0. The van der Waals surface area contributed by atoms with E-state index >= 15 is 0 Å². The van der Waals surface area contributed by atoms with E-state index in [9.17, 15) is 20.1 Å². The Morgan fingerprint density at radius 2 is 0.730 bits per heavy atom. The maximum absolute atomic E-state index is 12.5. The summed E-state index contributed by atoms with van der Waals surface area (Å²) in [7, 11) is 0. The molecule has 0 saturated carbocycles. The molecule has 5 heteroatoms. The van der Waals surface area contributed by atoms with Gasteiger partial charge in [-0.1, -0.05) is 268 Å². The van der Waals surface area contributed by atoms with E-state index in [0.717, 1.165) is 38.5 Å². The number of nitrogens with one attached hydrogen (secondary N) is 1. The van der Waals surface area contributed by atoms with Gasteiger partial charge in [0.25, 0.3) is 0 Å². The Morgan fingerprint density at radius 1 is 0.413 bits per heavy atom. The molecule has 0 aromatic rings. The lowest BCUT2D eigenvalue weighted by Crippen LogP contribution is -2.45. The largest absolute Gasteiger partial charge is 0.394 e. The van der Waals surface area contributed by atoms with Crippen molar-refractivity contribution in [3.63, 3.8) is 0 Å². The zero-order valence-electron chi connectivity index (χ0n) is 42.2. The van der Waals surface area contributed by atoms with Crippen molar-refractivity contribution in [2.45, 2.75) is 308 Å². The van der Waals surface area contributed by atoms with Crippen molar-refractivity contribution < 1.29 is 20.1 Å². The minimum absolute atomic E-state index is 0.00416. The minimum Gasteiger partial charge on any atom is -0.394 e. The second-order valence-electron chi connectivity index (χ2n) is 19.2. The number of rotatable bonds is 51. The van der Waals surface area contributed by atoms with Crippen LogP contribution < -0.4 is 5.32 Å². The van der Waals surface area contributed by atoms with Gasteiger partial charge in [0.05, 0.1) is 31.3 Å². The molecule has 3 unspecified atom stereocenters. The van der Waals surface area contributed by atoms with E-state index in [2.05, 4.69) is 55.6 Å². The van der Waals surface area contributed by atoms with Crippen LogP contribution in [0.3, 0.4) is 0 Å². The third-order valence-electron chi connectivity index (χ3n) is 12.8. The van der Waals surface area contributed by atoms with Crippen LogP contribution in [0.15, 0.2) is 48.6 Å². The van der Waals surface area contributed by atoms with Gasteiger partial charge in [0.15, 0.2) is 0 Å². The highest BCUT2D eigenvalue weighted by Gasteiger charge is 2.20. The molecule has 4 N–H and O–H groups in total. The van der Waals surface area contributed by atoms with Crippen LogP contribution in [0.1, 0.15) is 290 Å². The molecule has 0 heterocycles. The number of aliphatic hydroxyl groups is 3. The molecule has 0 aromatic heterocycles. The molecule has 0 aromatic carbocycles. The molecule has 0 spiro atoms. The number of unbranched alkanes of at least 4 members (excludes halogenated alkanes) is 36. The molecule has 0 radical (unpaired) electrons. The third kappa shape index (κ3) is 49.6. The normalized spacial score (nSPS) is 13.7. The molecule has 5 nitrogen and oxygen atoms in total. The van der Waals surface area contributed by atoms with Gasteiger partial charge in [0.2, 0.25) is 5.91 Å². The monoisotopic (exact) mass is 884 g/mol. The smallest absolute Gasteiger partial charge is 0.222 e. The van der Waals surface area contributed by atoms with Crippen LogP contribution in [0.4, 0.5) is 0 Å². The molecular formula is C58H109NO4. The van der Waals surface area contributed by atoms with Crippen LogP contribution in [0.25, 0.3) is 0 Å². The van der Waals surface area contributed by atoms with Crippen molar-refractivity contribution in [2.24, 2.45) is 0 Å². The lowest BCUT2D eigenvalue weighted by atomic mass is 10.0. The quantitative estimate of drug-likeness (QED) is 0.0362. The predicted molar refractivity (Wildman–Crippen MR) is 277 cm³/mol. The molecule has 63 heavy (non-hydrogen) atoms. The van der Waals surface area contributed by atoms with Crippen LogP contribution in [-0.2, 0) is 4.79 Å². The van der Waals surface area contributed by atoms with Gasteiger partial charge < -0.3 is 20.6 Å². The average molecular weight is 885 g/mol. The number of aliphatic hydroxyl groups excluding tert-OH is 3. The van der Waals surface area contributed by atoms with E-state index in [0.29, 0.717) is 6.42 Å². The van der Waals surface area contributed by atoms with Gasteiger partial charge in [-0.3, -0.25) is 4.79 Å². The van der Waals surface area contributed by atoms with E-state index in [-0.39, 0.29) is 18.9 Å². The molecular weight excluding hydrogens is 775 g/mol. The number of hydrogen-bond acceptors (Lipinski definition) is 4. The second kappa shape index (κ2) is 52.9. The number of amides is 1. The van der Waals surface area contributed by atoms with Crippen LogP contribution in [0.5, 0.6) is 0 Å². The first-order valence-corrected chi connectivity index (χ1v) is 27.9. The van der Waals surface area contributed by atoms with Gasteiger partial charge in [0.1, 0.15) is 0 Å². The standard InChI is InChI=1S/C58H109NO4/c1-3-5-7-9-11-13-15-17-19-21-23-25-26-27-28-29-30-32-33-35-37-39-41-43-45-47-49-51-55(61)53-58(63)59-56(54-60)57(62)52-50-48-46-44-42-40-38-36-34-31-24-22-20-18-16-14-12-10-8-6-4-2/h23,25,27-28,42,44,50,52,55-57,60-62H,3-22,24,26,29-41,43,45-49,51,53-54H2,1-2H3,(H,59,63)/b25-23-,28-27-,44-42+,52-50+. The number of carbonyl (C=O) groups is 1. The highest BCUT2D eigenvalue weighted by molar-refractivity contribution is 5.76. The fourth-order valence-corrected chi connectivity index (χ4v) is 8.56. The predicted octanol–water partition coefficient (Wildman–Crippen LogP) is 17.2. The maximum Gasteiger partial charge on any atom is 0.222 e. The highest BCUT2D eigenvalue weighted by Crippen LogP contribution is 2.16. The molecule has 0 bridgehead atoms. The summed E-state index contributed by atoms with van der Waals surface area (Å²) in [4.78, 5) is 12.5. The molecule has 0 aliphatic heterocycles. The van der Waals surface area contributed by atoms with Gasteiger partial charge in [0, 0.05) is 0 Å². The number of carbonyl (C=O) groups excluding carboxylic acids is 1. The van der Waals surface area contributed by atoms with Crippen molar-refractivity contribution in [3.05, 3.63) is 48.6 Å². The Hall–Kier alpha value is -1.69. The average Bonchev–Trinajstić information content (AvgIpc) is 3.28. The first-order valence-electron chi connectivity index (χ1n) is 27.9. The molecule has 3 atom stereocenters. The second-order valence-corrected chi connectivity index (χ2v) is 19.2. The molecule has 0 saturated heterocycles.